The summed E-state index contributed by atoms with van der Waals surface area (Å²) in [7, 11) is -0.585. The van der Waals surface area contributed by atoms with Gasteiger partial charge in [-0.05, 0) is 100 Å². The molecule has 304 valence electrons. The van der Waals surface area contributed by atoms with E-state index in [1.54, 1.807) is 36.4 Å². The molecule has 1 aromatic heterocycles. The Morgan fingerprint density at radius 2 is 1.64 bits per heavy atom. The van der Waals surface area contributed by atoms with E-state index in [-0.39, 0.29) is 42.6 Å². The van der Waals surface area contributed by atoms with Crippen LogP contribution in [0.15, 0.2) is 42.6 Å². The number of aliphatic hydroxyl groups is 1. The van der Waals surface area contributed by atoms with Crippen LogP contribution >= 0.6 is 11.6 Å². The van der Waals surface area contributed by atoms with Crippen molar-refractivity contribution in [2.45, 2.75) is 95.7 Å². The monoisotopic (exact) mass is 796 g/mol. The lowest BCUT2D eigenvalue weighted by Gasteiger charge is -2.60. The Bertz CT molecular complexity index is 1700. The molecule has 0 radical (unpaired) electrons. The van der Waals surface area contributed by atoms with Crippen molar-refractivity contribution in [1.29, 1.82) is 0 Å². The molecule has 8 atom stereocenters. The van der Waals surface area contributed by atoms with Gasteiger partial charge in [-0.2, -0.15) is 0 Å². The second kappa shape index (κ2) is 19.3. The number of aromatic nitrogens is 1. The van der Waals surface area contributed by atoms with Gasteiger partial charge in [0, 0.05) is 16.8 Å². The minimum absolute atomic E-state index is 0.00330. The number of hydrogen-bond donors (Lipinski definition) is 8. The van der Waals surface area contributed by atoms with Crippen LogP contribution in [0.3, 0.4) is 0 Å². The molecule has 2 aromatic rings. The summed E-state index contributed by atoms with van der Waals surface area (Å²) >= 11 is 5.96. The summed E-state index contributed by atoms with van der Waals surface area (Å²) < 4.78 is 12.3. The molecule has 16 nitrogen and oxygen atoms in total. The first-order valence-corrected chi connectivity index (χ1v) is 19.7. The van der Waals surface area contributed by atoms with E-state index in [0.717, 1.165) is 18.4 Å². The van der Waals surface area contributed by atoms with Crippen LogP contribution in [0.1, 0.15) is 69.7 Å². The van der Waals surface area contributed by atoms with E-state index in [0.29, 0.717) is 48.4 Å². The highest BCUT2D eigenvalue weighted by atomic mass is 35.5. The van der Waals surface area contributed by atoms with E-state index in [9.17, 15) is 29.1 Å². The zero-order valence-electron chi connectivity index (χ0n) is 32.1. The highest BCUT2D eigenvalue weighted by Gasteiger charge is 2.61. The lowest BCUT2D eigenvalue weighted by atomic mass is 9.47. The average Bonchev–Trinajstić information content (AvgIpc) is 3.61. The highest BCUT2D eigenvalue weighted by molar-refractivity contribution is 6.45. The fourth-order valence-electron chi connectivity index (χ4n) is 7.75. The number of nitrogens with one attached hydrogen (secondary N) is 5. The minimum Gasteiger partial charge on any atom is -0.405 e. The number of halogens is 1. The number of carbonyl (C=O) groups is 5. The molecule has 2 bridgehead atoms. The summed E-state index contributed by atoms with van der Waals surface area (Å²) in [5.74, 6) is -2.28. The molecule has 3 saturated carbocycles. The second-order valence-corrected chi connectivity index (χ2v) is 15.9. The maximum absolute atomic E-state index is 13.3. The van der Waals surface area contributed by atoms with Gasteiger partial charge in [-0.1, -0.05) is 37.6 Å². The van der Waals surface area contributed by atoms with Gasteiger partial charge in [-0.25, -0.2) is 0 Å². The third-order valence-electron chi connectivity index (χ3n) is 11.2. The topological polar surface area (TPSA) is 249 Å². The van der Waals surface area contributed by atoms with E-state index >= 15 is 0 Å². The first kappa shape index (κ1) is 43.0. The normalized spacial score (nSPS) is 22.7. The third-order valence-corrected chi connectivity index (χ3v) is 11.5. The summed E-state index contributed by atoms with van der Waals surface area (Å²) in [6, 6.07) is 6.69. The van der Waals surface area contributed by atoms with Gasteiger partial charge < -0.3 is 52.5 Å². The first-order chi connectivity index (χ1) is 26.7. The molecule has 2 unspecified atom stereocenters. The number of amides is 5. The van der Waals surface area contributed by atoms with E-state index in [1.165, 1.54) is 13.1 Å². The highest BCUT2D eigenvalue weighted by Crippen LogP contribution is 2.61. The smallest absolute Gasteiger partial charge is 0.405 e. The Morgan fingerprint density at radius 1 is 0.911 bits per heavy atom. The molecule has 4 fully saturated rings. The SMILES string of the molecule is C[C@@H](O)[C@H](NC(=O)[C@H](CCN)NC(=O)c1ccc(-c2ccc(Cl)cc2)nc1)C(=O)NCC(=O)N[C@@H](CCCCN)C(=O)NCB1OC2C[C@@H]3C[C@H](C2O1)C3(C)C. The van der Waals surface area contributed by atoms with Gasteiger partial charge in [0.2, 0.25) is 23.6 Å². The standard InChI is InChI=1S/C38H54BClN8O8/c1-21(49)32(48-36(53)29(13-15-42)47-34(51)23-9-12-27(43-18-23)22-7-10-25(40)11-8-22)37(54)44-19-31(50)46-28(6-4-5-14-41)35(52)45-20-39-55-30-17-24-16-26(33(30)56-39)38(24,2)3/h7-12,18,21,24,26,28-30,32-33,49H,4-6,13-17,19-20,41-42H2,1-3H3,(H,44,54)(H,45,52)(H,46,50)(H,47,51)(H,48,53)/t21-,24+,26-,28+,29+,30?,32+,33?/m1/s1. The van der Waals surface area contributed by atoms with Crippen LogP contribution in [0, 0.1) is 17.3 Å². The Hall–Kier alpha value is -4.13. The lowest BCUT2D eigenvalue weighted by molar-refractivity contribution is -0.150. The van der Waals surface area contributed by atoms with Gasteiger partial charge in [-0.3, -0.25) is 29.0 Å². The molecule has 4 aliphatic rings. The van der Waals surface area contributed by atoms with Gasteiger partial charge in [0.1, 0.15) is 18.1 Å². The summed E-state index contributed by atoms with van der Waals surface area (Å²) in [5.41, 5.74) is 13.2. The number of rotatable bonds is 19. The number of aliphatic hydroxyl groups excluding tert-OH is 1. The van der Waals surface area contributed by atoms with Gasteiger partial charge in [0.25, 0.3) is 5.91 Å². The van der Waals surface area contributed by atoms with Crippen LogP contribution in [0.4, 0.5) is 0 Å². The Kier molecular flexibility index (Phi) is 14.9. The Labute approximate surface area is 332 Å². The van der Waals surface area contributed by atoms with Crippen molar-refractivity contribution in [2.75, 3.05) is 26.1 Å². The predicted octanol–water partition coefficient (Wildman–Crippen LogP) is 0.438. The van der Waals surface area contributed by atoms with Crippen molar-refractivity contribution in [3.8, 4) is 11.3 Å². The predicted molar refractivity (Wildman–Crippen MR) is 210 cm³/mol. The maximum Gasteiger partial charge on any atom is 0.478 e. The zero-order chi connectivity index (χ0) is 40.6. The van der Waals surface area contributed by atoms with Crippen LogP contribution < -0.4 is 38.1 Å². The molecule has 6 rings (SSSR count). The molecular weight excluding hydrogens is 743 g/mol. The van der Waals surface area contributed by atoms with E-state index in [2.05, 4.69) is 45.4 Å². The third kappa shape index (κ3) is 10.6. The Balaban J connectivity index is 1.10. The van der Waals surface area contributed by atoms with Gasteiger partial charge >= 0.3 is 7.12 Å². The number of hydrogen-bond acceptors (Lipinski definition) is 11. The summed E-state index contributed by atoms with van der Waals surface area (Å²) in [6.45, 7) is 5.73. The fourth-order valence-corrected chi connectivity index (χ4v) is 7.87. The van der Waals surface area contributed by atoms with E-state index in [4.69, 9.17) is 32.4 Å². The summed E-state index contributed by atoms with van der Waals surface area (Å²) in [4.78, 5) is 70.1. The number of unbranched alkanes of at least 4 members (excludes halogenated alkanes) is 1. The van der Waals surface area contributed by atoms with E-state index in [1.807, 2.05) is 0 Å². The van der Waals surface area contributed by atoms with Crippen LogP contribution in [0.5, 0.6) is 0 Å². The zero-order valence-corrected chi connectivity index (χ0v) is 32.8. The molecule has 56 heavy (non-hydrogen) atoms. The lowest BCUT2D eigenvalue weighted by Crippen LogP contribution is -2.59. The molecule has 10 N–H and O–H groups in total. The van der Waals surface area contributed by atoms with Crippen molar-refractivity contribution in [3.05, 3.63) is 53.2 Å². The average molecular weight is 797 g/mol. The van der Waals surface area contributed by atoms with Crippen LogP contribution in [0.25, 0.3) is 11.3 Å². The van der Waals surface area contributed by atoms with E-state index < -0.39 is 67.4 Å². The van der Waals surface area contributed by atoms with Crippen molar-refractivity contribution in [2.24, 2.45) is 28.7 Å². The maximum atomic E-state index is 13.3. The van der Waals surface area contributed by atoms with Crippen molar-refractivity contribution in [1.82, 2.24) is 31.6 Å². The molecule has 1 aromatic carbocycles. The Morgan fingerprint density at radius 3 is 2.29 bits per heavy atom. The van der Waals surface area contributed by atoms with Crippen molar-refractivity contribution >= 4 is 48.3 Å². The number of benzene rings is 1. The molecule has 5 amide bonds. The molecule has 1 aliphatic heterocycles. The molecule has 1 saturated heterocycles. The molecule has 18 heteroatoms. The van der Waals surface area contributed by atoms with Crippen molar-refractivity contribution in [3.63, 3.8) is 0 Å². The quantitative estimate of drug-likeness (QED) is 0.0716. The fraction of sp³-hybridized carbons (Fsp3) is 0.579. The summed E-state index contributed by atoms with van der Waals surface area (Å²) in [6.07, 6.45) is 3.74. The van der Waals surface area contributed by atoms with Crippen molar-refractivity contribution < 1.29 is 38.4 Å². The second-order valence-electron chi connectivity index (χ2n) is 15.4. The number of nitrogens with zero attached hydrogens (tertiary/aromatic N) is 1. The molecular formula is C38H54BClN8O8. The number of carbonyl (C=O) groups excluding carboxylic acids is 5. The number of nitrogens with two attached hydrogens (primary N) is 2. The molecule has 2 heterocycles. The minimum atomic E-state index is -1.48. The number of pyridine rings is 1. The van der Waals surface area contributed by atoms with Crippen LogP contribution in [-0.4, -0.2) is 109 Å². The van der Waals surface area contributed by atoms with Crippen LogP contribution in [-0.2, 0) is 28.5 Å². The first-order valence-electron chi connectivity index (χ1n) is 19.3. The molecule has 0 spiro atoms. The van der Waals surface area contributed by atoms with Crippen LogP contribution in [0.2, 0.25) is 5.02 Å². The summed E-state index contributed by atoms with van der Waals surface area (Å²) in [5, 5.41) is 24.0. The molecule has 3 aliphatic carbocycles. The largest absolute Gasteiger partial charge is 0.478 e. The van der Waals surface area contributed by atoms with Gasteiger partial charge in [0.05, 0.1) is 42.6 Å². The van der Waals surface area contributed by atoms with Gasteiger partial charge in [-0.15, -0.1) is 0 Å². The van der Waals surface area contributed by atoms with Gasteiger partial charge in [0.15, 0.2) is 0 Å².